The molecule has 0 bridgehead atoms. The van der Waals surface area contributed by atoms with E-state index in [4.69, 9.17) is 14.3 Å². The Morgan fingerprint density at radius 3 is 3.16 bits per heavy atom. The molecule has 3 rings (SSSR count). The number of benzene rings is 1. The minimum Gasteiger partial charge on any atom is -0.466 e. The van der Waals surface area contributed by atoms with Crippen LogP contribution in [0, 0.1) is 0 Å². The standard InChI is InChI=1S/C17H17N3O4S/c1-2-23-16(22)7-13-10-25-17(19-13)20-18-8-11-3-4-15-12(5-11)6-14(9-21)24-15/h3-6,8,10,21H,2,7,9H2,1H3,(H,19,20). The van der Waals surface area contributed by atoms with Crippen molar-refractivity contribution < 1.29 is 19.1 Å². The minimum absolute atomic E-state index is 0.127. The monoisotopic (exact) mass is 359 g/mol. The van der Waals surface area contributed by atoms with E-state index in [1.165, 1.54) is 11.3 Å². The molecule has 2 aromatic heterocycles. The van der Waals surface area contributed by atoms with E-state index in [2.05, 4.69) is 15.5 Å². The highest BCUT2D eigenvalue weighted by atomic mass is 32.1. The highest BCUT2D eigenvalue weighted by Crippen LogP contribution is 2.20. The number of carbonyl (C=O) groups is 1. The zero-order chi connectivity index (χ0) is 17.6. The normalized spacial score (nSPS) is 11.3. The summed E-state index contributed by atoms with van der Waals surface area (Å²) in [5, 5.41) is 16.5. The van der Waals surface area contributed by atoms with Crippen molar-refractivity contribution in [3.8, 4) is 0 Å². The lowest BCUT2D eigenvalue weighted by molar-refractivity contribution is -0.142. The second-order valence-electron chi connectivity index (χ2n) is 5.16. The molecule has 0 aliphatic carbocycles. The van der Waals surface area contributed by atoms with E-state index in [9.17, 15) is 4.79 Å². The molecule has 3 aromatic rings. The number of furan rings is 1. The van der Waals surface area contributed by atoms with Crippen LogP contribution in [0.2, 0.25) is 0 Å². The molecule has 25 heavy (non-hydrogen) atoms. The molecule has 1 aromatic carbocycles. The van der Waals surface area contributed by atoms with Gasteiger partial charge in [0.25, 0.3) is 0 Å². The van der Waals surface area contributed by atoms with Crippen LogP contribution in [-0.2, 0) is 22.6 Å². The lowest BCUT2D eigenvalue weighted by Crippen LogP contribution is -2.07. The molecule has 0 atom stereocenters. The maximum Gasteiger partial charge on any atom is 0.311 e. The largest absolute Gasteiger partial charge is 0.466 e. The first-order valence-electron chi connectivity index (χ1n) is 7.70. The summed E-state index contributed by atoms with van der Waals surface area (Å²) in [6.07, 6.45) is 1.82. The van der Waals surface area contributed by atoms with Crippen LogP contribution in [0.3, 0.4) is 0 Å². The zero-order valence-corrected chi connectivity index (χ0v) is 14.4. The van der Waals surface area contributed by atoms with Crippen LogP contribution < -0.4 is 5.43 Å². The van der Waals surface area contributed by atoms with E-state index in [0.29, 0.717) is 23.2 Å². The first-order valence-corrected chi connectivity index (χ1v) is 8.58. The first-order chi connectivity index (χ1) is 12.2. The number of aliphatic hydroxyl groups excluding tert-OH is 1. The third kappa shape index (κ3) is 4.43. The van der Waals surface area contributed by atoms with Crippen LogP contribution >= 0.6 is 11.3 Å². The summed E-state index contributed by atoms with van der Waals surface area (Å²) < 4.78 is 10.3. The number of aliphatic hydroxyl groups is 1. The molecular formula is C17H17N3O4S. The highest BCUT2D eigenvalue weighted by Gasteiger charge is 2.08. The fraction of sp³-hybridized carbons (Fsp3) is 0.235. The number of hydrogen-bond donors (Lipinski definition) is 2. The number of nitrogens with zero attached hydrogens (tertiary/aromatic N) is 2. The predicted molar refractivity (Wildman–Crippen MR) is 95.8 cm³/mol. The topological polar surface area (TPSA) is 97.0 Å². The van der Waals surface area contributed by atoms with E-state index in [1.807, 2.05) is 18.2 Å². The van der Waals surface area contributed by atoms with Crippen LogP contribution in [0.5, 0.6) is 0 Å². The third-order valence-corrected chi connectivity index (χ3v) is 4.10. The summed E-state index contributed by atoms with van der Waals surface area (Å²) >= 11 is 1.37. The fourth-order valence-electron chi connectivity index (χ4n) is 2.24. The molecule has 8 heteroatoms. The van der Waals surface area contributed by atoms with E-state index in [0.717, 1.165) is 16.5 Å². The summed E-state index contributed by atoms with van der Waals surface area (Å²) in [6.45, 7) is 2.00. The van der Waals surface area contributed by atoms with Crippen molar-refractivity contribution in [1.29, 1.82) is 0 Å². The van der Waals surface area contributed by atoms with E-state index in [1.54, 1.807) is 24.6 Å². The van der Waals surface area contributed by atoms with Crippen molar-refractivity contribution in [1.82, 2.24) is 4.98 Å². The summed E-state index contributed by atoms with van der Waals surface area (Å²) in [5.74, 6) is 0.234. The molecule has 2 N–H and O–H groups in total. The first kappa shape index (κ1) is 17.1. The fourth-order valence-corrected chi connectivity index (χ4v) is 2.90. The number of ether oxygens (including phenoxy) is 1. The Kier molecular flexibility index (Phi) is 5.42. The third-order valence-electron chi connectivity index (χ3n) is 3.30. The highest BCUT2D eigenvalue weighted by molar-refractivity contribution is 7.13. The lowest BCUT2D eigenvalue weighted by Gasteiger charge is -1.98. The smallest absolute Gasteiger partial charge is 0.311 e. The van der Waals surface area contributed by atoms with E-state index < -0.39 is 0 Å². The Morgan fingerprint density at radius 1 is 1.48 bits per heavy atom. The Bertz CT molecular complexity index is 900. The number of hydrazone groups is 1. The van der Waals surface area contributed by atoms with Crippen LogP contribution in [-0.4, -0.2) is 28.9 Å². The number of nitrogens with one attached hydrogen (secondary N) is 1. The molecule has 0 aliphatic rings. The molecular weight excluding hydrogens is 342 g/mol. The second kappa shape index (κ2) is 7.91. The van der Waals surface area contributed by atoms with Gasteiger partial charge in [0.05, 0.1) is 24.9 Å². The molecule has 2 heterocycles. The van der Waals surface area contributed by atoms with Gasteiger partial charge < -0.3 is 14.3 Å². The van der Waals surface area contributed by atoms with Gasteiger partial charge in [0.15, 0.2) is 0 Å². The molecule has 0 aliphatic heterocycles. The molecule has 0 unspecified atom stereocenters. The van der Waals surface area contributed by atoms with Gasteiger partial charge in [-0.1, -0.05) is 0 Å². The quantitative estimate of drug-likeness (QED) is 0.382. The number of hydrogen-bond acceptors (Lipinski definition) is 8. The number of rotatable bonds is 7. The van der Waals surface area contributed by atoms with Crippen molar-refractivity contribution >= 4 is 39.6 Å². The average molecular weight is 359 g/mol. The minimum atomic E-state index is -0.293. The summed E-state index contributed by atoms with van der Waals surface area (Å²) in [4.78, 5) is 15.7. The van der Waals surface area contributed by atoms with E-state index >= 15 is 0 Å². The molecule has 0 fully saturated rings. The van der Waals surface area contributed by atoms with Gasteiger partial charge in [-0.15, -0.1) is 11.3 Å². The van der Waals surface area contributed by atoms with Crippen molar-refractivity contribution in [2.45, 2.75) is 20.0 Å². The molecule has 130 valence electrons. The predicted octanol–water partition coefficient (Wildman–Crippen LogP) is 2.93. The number of anilines is 1. The average Bonchev–Trinajstić information content (AvgIpc) is 3.21. The van der Waals surface area contributed by atoms with Gasteiger partial charge in [-0.05, 0) is 36.8 Å². The number of esters is 1. The Hall–Kier alpha value is -2.71. The number of carbonyl (C=O) groups excluding carboxylic acids is 1. The Morgan fingerprint density at radius 2 is 2.36 bits per heavy atom. The number of thiazole rings is 1. The zero-order valence-electron chi connectivity index (χ0n) is 13.6. The second-order valence-corrected chi connectivity index (χ2v) is 6.02. The van der Waals surface area contributed by atoms with Gasteiger partial charge in [0.2, 0.25) is 5.13 Å². The summed E-state index contributed by atoms with van der Waals surface area (Å²) in [5.41, 5.74) is 5.10. The maximum atomic E-state index is 11.4. The molecule has 0 saturated heterocycles. The van der Waals surface area contributed by atoms with Crippen molar-refractivity contribution in [3.63, 3.8) is 0 Å². The molecule has 0 amide bonds. The van der Waals surface area contributed by atoms with Crippen molar-refractivity contribution in [2.75, 3.05) is 12.0 Å². The van der Waals surface area contributed by atoms with E-state index in [-0.39, 0.29) is 19.0 Å². The van der Waals surface area contributed by atoms with Gasteiger partial charge in [0, 0.05) is 10.8 Å². The van der Waals surface area contributed by atoms with Crippen LogP contribution in [0.1, 0.15) is 23.9 Å². The number of fused-ring (bicyclic) bond motifs is 1. The number of aromatic nitrogens is 1. The van der Waals surface area contributed by atoms with Crippen LogP contribution in [0.4, 0.5) is 5.13 Å². The van der Waals surface area contributed by atoms with Crippen molar-refractivity contribution in [2.24, 2.45) is 5.10 Å². The molecule has 0 saturated carbocycles. The van der Waals surface area contributed by atoms with Crippen molar-refractivity contribution in [3.05, 3.63) is 46.7 Å². The molecule has 0 radical (unpaired) electrons. The molecule has 7 nitrogen and oxygen atoms in total. The Balaban J connectivity index is 1.61. The summed E-state index contributed by atoms with van der Waals surface area (Å²) in [6, 6.07) is 7.41. The van der Waals surface area contributed by atoms with Gasteiger partial charge in [0.1, 0.15) is 18.0 Å². The molecule has 0 spiro atoms. The van der Waals surface area contributed by atoms with Gasteiger partial charge >= 0.3 is 5.97 Å². The van der Waals surface area contributed by atoms with Gasteiger partial charge in [-0.25, -0.2) is 4.98 Å². The summed E-state index contributed by atoms with van der Waals surface area (Å²) in [7, 11) is 0. The van der Waals surface area contributed by atoms with Crippen LogP contribution in [0.25, 0.3) is 11.0 Å². The SMILES string of the molecule is CCOC(=O)Cc1csc(NN=Cc2ccc3oc(CO)cc3c2)n1. The lowest BCUT2D eigenvalue weighted by atomic mass is 10.2. The van der Waals surface area contributed by atoms with Crippen LogP contribution in [0.15, 0.2) is 39.2 Å². The Labute approximate surface area is 147 Å². The van der Waals surface area contributed by atoms with Gasteiger partial charge in [-0.2, -0.15) is 5.10 Å². The van der Waals surface area contributed by atoms with Gasteiger partial charge in [-0.3, -0.25) is 10.2 Å². The maximum absolute atomic E-state index is 11.4.